The van der Waals surface area contributed by atoms with E-state index in [9.17, 15) is 0 Å². The second kappa shape index (κ2) is 5.01. The lowest BCUT2D eigenvalue weighted by Gasteiger charge is -2.39. The summed E-state index contributed by atoms with van der Waals surface area (Å²) < 4.78 is 6.19. The van der Waals surface area contributed by atoms with E-state index in [1.807, 2.05) is 7.11 Å². The van der Waals surface area contributed by atoms with Gasteiger partial charge in [0.2, 0.25) is 0 Å². The fourth-order valence-electron chi connectivity index (χ4n) is 4.22. The van der Waals surface area contributed by atoms with E-state index in [2.05, 4.69) is 6.92 Å². The van der Waals surface area contributed by atoms with Crippen LogP contribution in [0.2, 0.25) is 17.1 Å². The lowest BCUT2D eigenvalue weighted by atomic mass is 10.3. The van der Waals surface area contributed by atoms with Crippen LogP contribution in [0.15, 0.2) is 0 Å². The molecule has 2 fully saturated rings. The first-order valence-corrected chi connectivity index (χ1v) is 9.15. The molecule has 0 bridgehead atoms. The zero-order valence-electron chi connectivity index (χ0n) is 10.4. The van der Waals surface area contributed by atoms with E-state index in [0.29, 0.717) is 0 Å². The Morgan fingerprint density at radius 1 is 0.933 bits per heavy atom. The lowest BCUT2D eigenvalue weighted by Crippen LogP contribution is -2.45. The summed E-state index contributed by atoms with van der Waals surface area (Å²) in [6.45, 7) is 2.40. The third-order valence-electron chi connectivity index (χ3n) is 5.03. The molecule has 0 unspecified atom stereocenters. The topological polar surface area (TPSA) is 9.23 Å². The maximum absolute atomic E-state index is 6.19. The van der Waals surface area contributed by atoms with Crippen LogP contribution in [0.25, 0.3) is 0 Å². The van der Waals surface area contributed by atoms with E-state index < -0.39 is 8.32 Å². The van der Waals surface area contributed by atoms with E-state index in [4.69, 9.17) is 4.43 Å². The smallest absolute Gasteiger partial charge is 0.198 e. The highest BCUT2D eigenvalue weighted by Crippen LogP contribution is 2.51. The van der Waals surface area contributed by atoms with Gasteiger partial charge in [0.25, 0.3) is 0 Å². The molecule has 88 valence electrons. The van der Waals surface area contributed by atoms with Gasteiger partial charge in [0, 0.05) is 7.11 Å². The Morgan fingerprint density at radius 3 is 1.60 bits per heavy atom. The van der Waals surface area contributed by atoms with Crippen LogP contribution in [-0.2, 0) is 4.43 Å². The second-order valence-electron chi connectivity index (χ2n) is 5.48. The summed E-state index contributed by atoms with van der Waals surface area (Å²) in [5, 5.41) is 0. The molecular weight excluding hydrogens is 200 g/mol. The normalized spacial score (nSPS) is 25.2. The Morgan fingerprint density at radius 2 is 1.33 bits per heavy atom. The Labute approximate surface area is 95.7 Å². The van der Waals surface area contributed by atoms with Crippen LogP contribution < -0.4 is 0 Å². The van der Waals surface area contributed by atoms with Gasteiger partial charge in [0.1, 0.15) is 0 Å². The fraction of sp³-hybridized carbons (Fsp3) is 1.00. The Hall–Kier alpha value is 0.177. The van der Waals surface area contributed by atoms with Gasteiger partial charge in [-0.25, -0.2) is 0 Å². The van der Waals surface area contributed by atoms with Crippen LogP contribution in [0.3, 0.4) is 0 Å². The van der Waals surface area contributed by atoms with E-state index >= 15 is 0 Å². The molecule has 0 saturated heterocycles. The maximum atomic E-state index is 6.19. The molecule has 2 saturated carbocycles. The van der Waals surface area contributed by atoms with E-state index in [1.54, 1.807) is 0 Å². The van der Waals surface area contributed by atoms with Crippen LogP contribution in [0.1, 0.15) is 58.3 Å². The predicted molar refractivity (Wildman–Crippen MR) is 67.7 cm³/mol. The molecule has 2 aliphatic rings. The first-order valence-electron chi connectivity index (χ1n) is 6.88. The van der Waals surface area contributed by atoms with Gasteiger partial charge in [0.15, 0.2) is 8.32 Å². The van der Waals surface area contributed by atoms with Gasteiger partial charge in [-0.15, -0.1) is 0 Å². The molecule has 2 rings (SSSR count). The monoisotopic (exact) mass is 226 g/mol. The molecule has 0 atom stereocenters. The third kappa shape index (κ3) is 2.03. The van der Waals surface area contributed by atoms with Crippen molar-refractivity contribution in [2.45, 2.75) is 75.4 Å². The van der Waals surface area contributed by atoms with E-state index in [0.717, 1.165) is 11.1 Å². The first-order chi connectivity index (χ1) is 7.33. The molecule has 0 aromatic rings. The van der Waals surface area contributed by atoms with Crippen LogP contribution in [0.4, 0.5) is 0 Å². The quantitative estimate of drug-likeness (QED) is 0.642. The molecule has 1 nitrogen and oxygen atoms in total. The third-order valence-corrected chi connectivity index (χ3v) is 10.8. The SMILES string of the molecule is CC[Si](OC)(C1CCCC1)C1CCCC1. The fourth-order valence-corrected chi connectivity index (χ4v) is 9.77. The minimum absolute atomic E-state index is 0.996. The highest BCUT2D eigenvalue weighted by atomic mass is 28.4. The highest BCUT2D eigenvalue weighted by Gasteiger charge is 2.48. The summed E-state index contributed by atoms with van der Waals surface area (Å²) in [4.78, 5) is 0. The van der Waals surface area contributed by atoms with Crippen LogP contribution >= 0.6 is 0 Å². The van der Waals surface area contributed by atoms with Crippen molar-refractivity contribution in [1.82, 2.24) is 0 Å². The van der Waals surface area contributed by atoms with Crippen LogP contribution in [0.5, 0.6) is 0 Å². The van der Waals surface area contributed by atoms with Gasteiger partial charge in [-0.05, 0) is 17.1 Å². The zero-order valence-corrected chi connectivity index (χ0v) is 11.4. The summed E-state index contributed by atoms with van der Waals surface area (Å²) in [7, 11) is 0.643. The van der Waals surface area contributed by atoms with E-state index in [1.165, 1.54) is 57.4 Å². The summed E-state index contributed by atoms with van der Waals surface area (Å²) >= 11 is 0. The summed E-state index contributed by atoms with van der Waals surface area (Å²) in [6.07, 6.45) is 11.8. The van der Waals surface area contributed by atoms with Gasteiger partial charge >= 0.3 is 0 Å². The lowest BCUT2D eigenvalue weighted by molar-refractivity contribution is 0.360. The van der Waals surface area contributed by atoms with Crippen LogP contribution in [0, 0.1) is 0 Å². The molecule has 0 spiro atoms. The molecule has 0 aliphatic heterocycles. The average Bonchev–Trinajstić information content (AvgIpc) is 2.92. The minimum Gasteiger partial charge on any atom is -0.419 e. The maximum Gasteiger partial charge on any atom is 0.198 e. The molecule has 0 aromatic heterocycles. The van der Waals surface area contributed by atoms with Crippen molar-refractivity contribution in [3.05, 3.63) is 0 Å². The summed E-state index contributed by atoms with van der Waals surface area (Å²) in [5.74, 6) is 0. The molecule has 2 aliphatic carbocycles. The minimum atomic E-state index is -1.38. The van der Waals surface area contributed by atoms with Crippen molar-refractivity contribution >= 4 is 8.32 Å². The standard InChI is InChI=1S/C13H26OSi/c1-3-15(14-2,12-8-4-5-9-12)13-10-6-7-11-13/h12-13H,3-11H2,1-2H3. The average molecular weight is 226 g/mol. The zero-order chi connectivity index (χ0) is 10.7. The van der Waals surface area contributed by atoms with Crippen molar-refractivity contribution in [1.29, 1.82) is 0 Å². The van der Waals surface area contributed by atoms with Crippen molar-refractivity contribution in [3.8, 4) is 0 Å². The second-order valence-corrected chi connectivity index (χ2v) is 10.1. The van der Waals surface area contributed by atoms with Crippen LogP contribution in [-0.4, -0.2) is 15.4 Å². The van der Waals surface area contributed by atoms with Crippen molar-refractivity contribution in [3.63, 3.8) is 0 Å². The van der Waals surface area contributed by atoms with Gasteiger partial charge < -0.3 is 4.43 Å². The molecule has 2 heteroatoms. The van der Waals surface area contributed by atoms with Gasteiger partial charge in [-0.1, -0.05) is 58.3 Å². The Kier molecular flexibility index (Phi) is 3.89. The molecule has 0 heterocycles. The van der Waals surface area contributed by atoms with Crippen molar-refractivity contribution < 1.29 is 4.43 Å². The Bertz CT molecular complexity index is 171. The molecular formula is C13H26OSi. The van der Waals surface area contributed by atoms with Crippen molar-refractivity contribution in [2.75, 3.05) is 7.11 Å². The molecule has 15 heavy (non-hydrogen) atoms. The predicted octanol–water partition coefficient (Wildman–Crippen LogP) is 4.49. The molecule has 0 aromatic carbocycles. The van der Waals surface area contributed by atoms with Gasteiger partial charge in [-0.2, -0.15) is 0 Å². The number of rotatable bonds is 4. The molecule has 0 amide bonds. The van der Waals surface area contributed by atoms with Gasteiger partial charge in [-0.3, -0.25) is 0 Å². The summed E-state index contributed by atoms with van der Waals surface area (Å²) in [6, 6.07) is 1.36. The number of hydrogen-bond acceptors (Lipinski definition) is 1. The Balaban J connectivity index is 2.13. The first kappa shape index (κ1) is 11.7. The molecule has 0 N–H and O–H groups in total. The number of hydrogen-bond donors (Lipinski definition) is 0. The highest BCUT2D eigenvalue weighted by molar-refractivity contribution is 6.76. The summed E-state index contributed by atoms with van der Waals surface area (Å²) in [5.41, 5.74) is 1.99. The largest absolute Gasteiger partial charge is 0.419 e. The van der Waals surface area contributed by atoms with E-state index in [-0.39, 0.29) is 0 Å². The van der Waals surface area contributed by atoms with Crippen molar-refractivity contribution in [2.24, 2.45) is 0 Å². The van der Waals surface area contributed by atoms with Gasteiger partial charge in [0.05, 0.1) is 0 Å². The molecule has 0 radical (unpaired) electrons.